The van der Waals surface area contributed by atoms with Gasteiger partial charge in [0.1, 0.15) is 17.2 Å². The van der Waals surface area contributed by atoms with E-state index in [4.69, 9.17) is 4.74 Å². The third-order valence-corrected chi connectivity index (χ3v) is 3.81. The molecule has 2 rings (SSSR count). The van der Waals surface area contributed by atoms with Gasteiger partial charge in [-0.1, -0.05) is 6.92 Å². The maximum Gasteiger partial charge on any atom is 0.410 e. The molecule has 1 aliphatic rings. The van der Waals surface area contributed by atoms with Crippen LogP contribution < -0.4 is 4.90 Å². The van der Waals surface area contributed by atoms with Gasteiger partial charge < -0.3 is 14.5 Å². The third kappa shape index (κ3) is 4.56. The topological polar surface area (TPSA) is 58.6 Å². The van der Waals surface area contributed by atoms with Crippen molar-refractivity contribution in [3.05, 3.63) is 17.6 Å². The highest BCUT2D eigenvalue weighted by molar-refractivity contribution is 5.68. The predicted molar refractivity (Wildman–Crippen MR) is 90.8 cm³/mol. The molecular formula is C17H28N4O2. The van der Waals surface area contributed by atoms with Gasteiger partial charge in [-0.15, -0.1) is 0 Å². The first-order chi connectivity index (χ1) is 10.7. The fourth-order valence-electron chi connectivity index (χ4n) is 2.73. The Morgan fingerprint density at radius 2 is 2.04 bits per heavy atom. The highest BCUT2D eigenvalue weighted by atomic mass is 16.6. The Morgan fingerprint density at radius 1 is 1.35 bits per heavy atom. The summed E-state index contributed by atoms with van der Waals surface area (Å²) >= 11 is 0. The number of ether oxygens (including phenoxy) is 1. The van der Waals surface area contributed by atoms with Gasteiger partial charge in [-0.3, -0.25) is 0 Å². The van der Waals surface area contributed by atoms with Crippen LogP contribution in [0.4, 0.5) is 10.6 Å². The van der Waals surface area contributed by atoms with E-state index in [1.54, 1.807) is 4.90 Å². The summed E-state index contributed by atoms with van der Waals surface area (Å²) in [5.74, 6) is 1.74. The minimum absolute atomic E-state index is 0.190. The second-order valence-electron chi connectivity index (χ2n) is 7.09. The van der Waals surface area contributed by atoms with Gasteiger partial charge in [-0.2, -0.15) is 0 Å². The molecule has 0 saturated carbocycles. The number of aryl methyl sites for hydroxylation is 2. The van der Waals surface area contributed by atoms with Crippen LogP contribution in [0, 0.1) is 6.92 Å². The molecule has 0 aromatic carbocycles. The van der Waals surface area contributed by atoms with E-state index in [1.807, 2.05) is 33.8 Å². The molecule has 6 heteroatoms. The number of hydrogen-bond acceptors (Lipinski definition) is 5. The molecule has 1 aliphatic heterocycles. The van der Waals surface area contributed by atoms with Gasteiger partial charge in [0.15, 0.2) is 0 Å². The van der Waals surface area contributed by atoms with Crippen LogP contribution in [0.3, 0.4) is 0 Å². The average molecular weight is 320 g/mol. The zero-order valence-electron chi connectivity index (χ0n) is 15.1. The van der Waals surface area contributed by atoms with Crippen molar-refractivity contribution in [2.45, 2.75) is 59.6 Å². The van der Waals surface area contributed by atoms with Crippen LogP contribution in [-0.2, 0) is 11.2 Å². The number of carbonyl (C=O) groups is 1. The molecule has 6 nitrogen and oxygen atoms in total. The van der Waals surface area contributed by atoms with Gasteiger partial charge >= 0.3 is 6.09 Å². The summed E-state index contributed by atoms with van der Waals surface area (Å²) in [6.07, 6.45) is 0.653. The van der Waals surface area contributed by atoms with Crippen LogP contribution in [0.1, 0.15) is 46.1 Å². The predicted octanol–water partition coefficient (Wildman–Crippen LogP) is 2.79. The summed E-state index contributed by atoms with van der Waals surface area (Å²) in [5, 5.41) is 0. The lowest BCUT2D eigenvalue weighted by atomic mass is 10.2. The zero-order valence-corrected chi connectivity index (χ0v) is 15.1. The number of rotatable bonds is 2. The van der Waals surface area contributed by atoms with Crippen molar-refractivity contribution in [2.75, 3.05) is 24.5 Å². The van der Waals surface area contributed by atoms with Gasteiger partial charge in [0.2, 0.25) is 0 Å². The molecule has 1 aromatic heterocycles. The molecule has 1 amide bonds. The first-order valence-electron chi connectivity index (χ1n) is 8.28. The highest BCUT2D eigenvalue weighted by Crippen LogP contribution is 2.21. The first-order valence-corrected chi connectivity index (χ1v) is 8.28. The summed E-state index contributed by atoms with van der Waals surface area (Å²) < 4.78 is 5.46. The Hall–Kier alpha value is -1.85. The Labute approximate surface area is 138 Å². The van der Waals surface area contributed by atoms with Crippen molar-refractivity contribution in [3.63, 3.8) is 0 Å². The second kappa shape index (κ2) is 6.72. The van der Waals surface area contributed by atoms with Crippen molar-refractivity contribution in [2.24, 2.45) is 0 Å². The van der Waals surface area contributed by atoms with Crippen molar-refractivity contribution < 1.29 is 9.53 Å². The maximum absolute atomic E-state index is 12.2. The fraction of sp³-hybridized carbons (Fsp3) is 0.706. The second-order valence-corrected chi connectivity index (χ2v) is 7.09. The fourth-order valence-corrected chi connectivity index (χ4v) is 2.73. The van der Waals surface area contributed by atoms with E-state index in [1.165, 1.54) is 0 Å². The van der Waals surface area contributed by atoms with Crippen molar-refractivity contribution in [1.82, 2.24) is 14.9 Å². The van der Waals surface area contributed by atoms with Gasteiger partial charge in [0.25, 0.3) is 0 Å². The van der Waals surface area contributed by atoms with E-state index in [9.17, 15) is 4.79 Å². The van der Waals surface area contributed by atoms with E-state index in [0.717, 1.165) is 30.3 Å². The minimum atomic E-state index is -0.461. The number of aromatic nitrogens is 2. The van der Waals surface area contributed by atoms with Crippen LogP contribution in [0.15, 0.2) is 6.07 Å². The quantitative estimate of drug-likeness (QED) is 0.838. The van der Waals surface area contributed by atoms with E-state index in [-0.39, 0.29) is 12.1 Å². The van der Waals surface area contributed by atoms with E-state index in [0.29, 0.717) is 13.1 Å². The number of carbonyl (C=O) groups excluding carboxylic acids is 1. The highest BCUT2D eigenvalue weighted by Gasteiger charge is 2.30. The number of hydrogen-bond donors (Lipinski definition) is 0. The van der Waals surface area contributed by atoms with E-state index in [2.05, 4.69) is 28.7 Å². The molecule has 0 radical (unpaired) electrons. The maximum atomic E-state index is 12.2. The summed E-state index contributed by atoms with van der Waals surface area (Å²) in [7, 11) is 0. The summed E-state index contributed by atoms with van der Waals surface area (Å²) in [4.78, 5) is 25.2. The van der Waals surface area contributed by atoms with Crippen molar-refractivity contribution in [1.29, 1.82) is 0 Å². The number of piperazine rings is 1. The Morgan fingerprint density at radius 3 is 2.61 bits per heavy atom. The van der Waals surface area contributed by atoms with Crippen molar-refractivity contribution >= 4 is 11.9 Å². The molecular weight excluding hydrogens is 292 g/mol. The smallest absolute Gasteiger partial charge is 0.410 e. The van der Waals surface area contributed by atoms with Crippen LogP contribution in [0.25, 0.3) is 0 Å². The van der Waals surface area contributed by atoms with Gasteiger partial charge in [-0.25, -0.2) is 14.8 Å². The molecule has 128 valence electrons. The molecule has 1 aromatic rings. The molecule has 23 heavy (non-hydrogen) atoms. The van der Waals surface area contributed by atoms with Crippen molar-refractivity contribution in [3.8, 4) is 0 Å². The number of nitrogens with zero attached hydrogens (tertiary/aromatic N) is 4. The number of amides is 1. The lowest BCUT2D eigenvalue weighted by Gasteiger charge is -2.40. The van der Waals surface area contributed by atoms with Gasteiger partial charge in [0, 0.05) is 37.4 Å². The molecule has 0 spiro atoms. The Bertz CT molecular complexity index is 568. The Kier molecular flexibility index (Phi) is 5.12. The standard InChI is InChI=1S/C17H28N4O2/c1-7-14-10-15(19-13(3)18-14)21-9-8-20(11-12(21)2)16(22)23-17(4,5)6/h10,12H,7-9,11H2,1-6H3. The monoisotopic (exact) mass is 320 g/mol. The largest absolute Gasteiger partial charge is 0.444 e. The SMILES string of the molecule is CCc1cc(N2CCN(C(=O)OC(C)(C)C)CC2C)nc(C)n1. The van der Waals surface area contributed by atoms with Crippen LogP contribution in [0.5, 0.6) is 0 Å². The molecule has 1 unspecified atom stereocenters. The molecule has 0 bridgehead atoms. The van der Waals surface area contributed by atoms with Gasteiger partial charge in [0.05, 0.1) is 0 Å². The normalized spacial score (nSPS) is 19.0. The Balaban J connectivity index is 2.07. The lowest BCUT2D eigenvalue weighted by Crippen LogP contribution is -2.54. The molecule has 0 N–H and O–H groups in total. The minimum Gasteiger partial charge on any atom is -0.444 e. The van der Waals surface area contributed by atoms with Crippen LogP contribution in [0.2, 0.25) is 0 Å². The summed E-state index contributed by atoms with van der Waals surface area (Å²) in [6.45, 7) is 13.8. The molecule has 1 saturated heterocycles. The van der Waals surface area contributed by atoms with E-state index >= 15 is 0 Å². The first kappa shape index (κ1) is 17.5. The summed E-state index contributed by atoms with van der Waals surface area (Å²) in [5.41, 5.74) is 0.589. The molecule has 0 aliphatic carbocycles. The van der Waals surface area contributed by atoms with Crippen LogP contribution in [-0.4, -0.2) is 52.2 Å². The average Bonchev–Trinajstić information content (AvgIpc) is 2.44. The van der Waals surface area contributed by atoms with Gasteiger partial charge in [-0.05, 0) is 41.0 Å². The zero-order chi connectivity index (χ0) is 17.2. The number of anilines is 1. The molecule has 2 heterocycles. The lowest BCUT2D eigenvalue weighted by molar-refractivity contribution is 0.0218. The van der Waals surface area contributed by atoms with E-state index < -0.39 is 5.60 Å². The molecule has 1 fully saturated rings. The van der Waals surface area contributed by atoms with Crippen LogP contribution >= 0.6 is 0 Å². The molecule has 1 atom stereocenters. The summed E-state index contributed by atoms with van der Waals surface area (Å²) in [6, 6.07) is 2.24. The third-order valence-electron chi connectivity index (χ3n) is 3.81.